The van der Waals surface area contributed by atoms with Gasteiger partial charge in [-0.3, -0.25) is 9.59 Å². The number of allylic oxidation sites excluding steroid dienone is 12. The van der Waals surface area contributed by atoms with Crippen LogP contribution in [0.25, 0.3) is 0 Å². The molecule has 0 heterocycles. The minimum Gasteiger partial charge on any atom is -0.462 e. The van der Waals surface area contributed by atoms with Gasteiger partial charge < -0.3 is 14.2 Å². The van der Waals surface area contributed by atoms with Crippen LogP contribution in [-0.2, 0) is 23.8 Å². The maximum atomic E-state index is 12.7. The molecule has 0 N–H and O–H groups in total. The first-order valence-electron chi connectivity index (χ1n) is 23.5. The van der Waals surface area contributed by atoms with Crippen molar-refractivity contribution in [1.82, 2.24) is 0 Å². The quantitative estimate of drug-likeness (QED) is 0.0351. The zero-order valence-electron chi connectivity index (χ0n) is 36.9. The predicted molar refractivity (Wildman–Crippen MR) is 242 cm³/mol. The maximum Gasteiger partial charge on any atom is 0.306 e. The Hall–Kier alpha value is -2.66. The van der Waals surface area contributed by atoms with E-state index in [0.29, 0.717) is 19.4 Å². The summed E-state index contributed by atoms with van der Waals surface area (Å²) in [5.74, 6) is -0.436. The lowest BCUT2D eigenvalue weighted by Crippen LogP contribution is -2.30. The standard InChI is InChI=1S/C51H88O5/c1-4-7-10-13-16-18-20-22-24-25-26-27-29-30-32-34-36-38-41-44-50(52)55-48-49(47-54-46-43-40-15-12-9-6-3)56-51(53)45-42-39-37-35-33-31-28-23-21-19-17-14-11-8-5-2/h8,11,16-19,22-24,26-28,49H,4-7,9-10,12-15,20-21,25,29-48H2,1-3H3/b11-8-,18-16-,19-17-,24-22-,27-26-,28-23-. The molecule has 322 valence electrons. The number of hydrogen-bond acceptors (Lipinski definition) is 5. The maximum absolute atomic E-state index is 12.7. The SMILES string of the molecule is CC/C=C\C/C=C\C/C=C\CCCCCCCC(=O)OC(COCCCCCCCC)COC(=O)CCCCCCCC/C=C\C/C=C\C/C=C\CCCCC. The van der Waals surface area contributed by atoms with Gasteiger partial charge in [0.15, 0.2) is 6.10 Å². The highest BCUT2D eigenvalue weighted by Gasteiger charge is 2.17. The molecule has 0 radical (unpaired) electrons. The lowest BCUT2D eigenvalue weighted by molar-refractivity contribution is -0.163. The molecule has 0 aliphatic rings. The van der Waals surface area contributed by atoms with Crippen LogP contribution in [0.1, 0.15) is 213 Å². The van der Waals surface area contributed by atoms with Crippen LogP contribution >= 0.6 is 0 Å². The average molecular weight is 781 g/mol. The number of carbonyl (C=O) groups is 2. The van der Waals surface area contributed by atoms with Crippen molar-refractivity contribution >= 4 is 11.9 Å². The zero-order chi connectivity index (χ0) is 40.7. The van der Waals surface area contributed by atoms with Gasteiger partial charge in [0.25, 0.3) is 0 Å². The van der Waals surface area contributed by atoms with Gasteiger partial charge in [0.05, 0.1) is 6.61 Å². The Bertz CT molecular complexity index is 1020. The van der Waals surface area contributed by atoms with Crippen LogP contribution in [-0.4, -0.2) is 37.9 Å². The first kappa shape index (κ1) is 53.3. The molecule has 0 spiro atoms. The summed E-state index contributed by atoms with van der Waals surface area (Å²) >= 11 is 0. The third-order valence-corrected chi connectivity index (χ3v) is 9.73. The van der Waals surface area contributed by atoms with E-state index in [-0.39, 0.29) is 25.2 Å². The molecule has 0 amide bonds. The molecule has 0 saturated heterocycles. The predicted octanol–water partition coefficient (Wildman–Crippen LogP) is 15.6. The highest BCUT2D eigenvalue weighted by atomic mass is 16.6. The van der Waals surface area contributed by atoms with E-state index >= 15 is 0 Å². The largest absolute Gasteiger partial charge is 0.462 e. The molecule has 0 aliphatic carbocycles. The van der Waals surface area contributed by atoms with Gasteiger partial charge in [0, 0.05) is 19.4 Å². The minimum atomic E-state index is -0.548. The lowest BCUT2D eigenvalue weighted by atomic mass is 10.1. The fraction of sp³-hybridized carbons (Fsp3) is 0.725. The van der Waals surface area contributed by atoms with Gasteiger partial charge in [-0.1, -0.05) is 184 Å². The van der Waals surface area contributed by atoms with Crippen molar-refractivity contribution in [1.29, 1.82) is 0 Å². The molecule has 5 nitrogen and oxygen atoms in total. The fourth-order valence-electron chi connectivity index (χ4n) is 6.24. The summed E-state index contributed by atoms with van der Waals surface area (Å²) in [6, 6.07) is 0. The second-order valence-electron chi connectivity index (χ2n) is 15.3. The summed E-state index contributed by atoms with van der Waals surface area (Å²) in [5.41, 5.74) is 0. The highest BCUT2D eigenvalue weighted by Crippen LogP contribution is 2.12. The van der Waals surface area contributed by atoms with E-state index in [2.05, 4.69) is 93.7 Å². The lowest BCUT2D eigenvalue weighted by Gasteiger charge is -2.18. The zero-order valence-corrected chi connectivity index (χ0v) is 36.9. The molecule has 0 bridgehead atoms. The molecule has 1 atom stereocenters. The number of rotatable bonds is 42. The molecule has 0 saturated carbocycles. The number of unbranched alkanes of at least 4 members (excludes halogenated alkanes) is 19. The normalized spacial score (nSPS) is 12.8. The first-order chi connectivity index (χ1) is 27.6. The van der Waals surface area contributed by atoms with E-state index in [0.717, 1.165) is 96.3 Å². The molecule has 0 aliphatic heterocycles. The van der Waals surface area contributed by atoms with Crippen molar-refractivity contribution in [2.75, 3.05) is 19.8 Å². The monoisotopic (exact) mass is 781 g/mol. The van der Waals surface area contributed by atoms with Gasteiger partial charge in [0.2, 0.25) is 0 Å². The summed E-state index contributed by atoms with van der Waals surface area (Å²) in [5, 5.41) is 0. The van der Waals surface area contributed by atoms with Gasteiger partial charge in [-0.2, -0.15) is 0 Å². The number of ether oxygens (including phenoxy) is 3. The molecule has 5 heteroatoms. The van der Waals surface area contributed by atoms with Crippen LogP contribution < -0.4 is 0 Å². The van der Waals surface area contributed by atoms with Crippen LogP contribution in [0.3, 0.4) is 0 Å². The smallest absolute Gasteiger partial charge is 0.306 e. The fourth-order valence-corrected chi connectivity index (χ4v) is 6.24. The van der Waals surface area contributed by atoms with Crippen LogP contribution in [0.4, 0.5) is 0 Å². The molecule has 0 rings (SSSR count). The number of carbonyl (C=O) groups excluding carboxylic acids is 2. The van der Waals surface area contributed by atoms with Crippen LogP contribution in [0.2, 0.25) is 0 Å². The van der Waals surface area contributed by atoms with Crippen LogP contribution in [0.5, 0.6) is 0 Å². The van der Waals surface area contributed by atoms with Crippen molar-refractivity contribution < 1.29 is 23.8 Å². The second-order valence-corrected chi connectivity index (χ2v) is 15.3. The second kappa shape index (κ2) is 46.7. The third kappa shape index (κ3) is 44.1. The Morgan fingerprint density at radius 1 is 0.411 bits per heavy atom. The topological polar surface area (TPSA) is 61.8 Å². The summed E-state index contributed by atoms with van der Waals surface area (Å²) in [4.78, 5) is 25.2. The first-order valence-corrected chi connectivity index (χ1v) is 23.5. The van der Waals surface area contributed by atoms with Crippen LogP contribution in [0.15, 0.2) is 72.9 Å². The summed E-state index contributed by atoms with van der Waals surface area (Å²) in [6.45, 7) is 7.61. The summed E-state index contributed by atoms with van der Waals surface area (Å²) in [7, 11) is 0. The van der Waals surface area contributed by atoms with Crippen molar-refractivity contribution in [3.63, 3.8) is 0 Å². The van der Waals surface area contributed by atoms with E-state index in [4.69, 9.17) is 14.2 Å². The van der Waals surface area contributed by atoms with Gasteiger partial charge in [-0.15, -0.1) is 0 Å². The molecular formula is C51H88O5. The van der Waals surface area contributed by atoms with Crippen molar-refractivity contribution in [3.05, 3.63) is 72.9 Å². The van der Waals surface area contributed by atoms with E-state index < -0.39 is 6.10 Å². The Balaban J connectivity index is 4.16. The summed E-state index contributed by atoms with van der Waals surface area (Å²) in [6.07, 6.45) is 59.1. The molecule has 56 heavy (non-hydrogen) atoms. The van der Waals surface area contributed by atoms with Crippen molar-refractivity contribution in [2.45, 2.75) is 219 Å². The van der Waals surface area contributed by atoms with Gasteiger partial charge >= 0.3 is 11.9 Å². The molecule has 0 aromatic rings. The van der Waals surface area contributed by atoms with E-state index in [1.54, 1.807) is 0 Å². The molecule has 0 fully saturated rings. The number of esters is 2. The van der Waals surface area contributed by atoms with Crippen molar-refractivity contribution in [3.8, 4) is 0 Å². The minimum absolute atomic E-state index is 0.0692. The Labute approximate surface area is 347 Å². The van der Waals surface area contributed by atoms with Gasteiger partial charge in [-0.25, -0.2) is 0 Å². The molecule has 0 aromatic heterocycles. The average Bonchev–Trinajstić information content (AvgIpc) is 3.20. The highest BCUT2D eigenvalue weighted by molar-refractivity contribution is 5.70. The number of hydrogen-bond donors (Lipinski definition) is 0. The van der Waals surface area contributed by atoms with Crippen molar-refractivity contribution in [2.24, 2.45) is 0 Å². The van der Waals surface area contributed by atoms with Gasteiger partial charge in [-0.05, 0) is 89.9 Å². The van der Waals surface area contributed by atoms with Gasteiger partial charge in [0.1, 0.15) is 6.61 Å². The molecular weight excluding hydrogens is 693 g/mol. The van der Waals surface area contributed by atoms with E-state index in [1.165, 1.54) is 83.5 Å². The molecule has 0 aromatic carbocycles. The Morgan fingerprint density at radius 3 is 1.32 bits per heavy atom. The van der Waals surface area contributed by atoms with Crippen LogP contribution in [0, 0.1) is 0 Å². The van der Waals surface area contributed by atoms with E-state index in [9.17, 15) is 9.59 Å². The summed E-state index contributed by atoms with van der Waals surface area (Å²) < 4.78 is 17.2. The molecule has 1 unspecified atom stereocenters. The Morgan fingerprint density at radius 2 is 0.804 bits per heavy atom. The third-order valence-electron chi connectivity index (χ3n) is 9.73. The van der Waals surface area contributed by atoms with E-state index in [1.807, 2.05) is 0 Å². The Kier molecular flexibility index (Phi) is 44.5.